The molecule has 1 aromatic carbocycles. The largest absolute Gasteiger partial charge is 0.465 e. The third-order valence-corrected chi connectivity index (χ3v) is 1.54. The van der Waals surface area contributed by atoms with E-state index in [1.54, 1.807) is 12.1 Å². The van der Waals surface area contributed by atoms with E-state index in [-0.39, 0.29) is 5.84 Å². The molecule has 0 aliphatic rings. The summed E-state index contributed by atoms with van der Waals surface area (Å²) < 4.78 is 0. The lowest BCUT2D eigenvalue weighted by atomic mass is 10.2. The quantitative estimate of drug-likeness (QED) is 0.243. The SMILES string of the molecule is N/C(=N/O)c1ccc(NC(=O)O)cc1. The molecule has 6 nitrogen and oxygen atoms in total. The lowest BCUT2D eigenvalue weighted by Crippen LogP contribution is -2.13. The fraction of sp³-hybridized carbons (Fsp3) is 0. The van der Waals surface area contributed by atoms with Gasteiger partial charge in [0.2, 0.25) is 0 Å². The van der Waals surface area contributed by atoms with Gasteiger partial charge in [0, 0.05) is 11.3 Å². The topological polar surface area (TPSA) is 108 Å². The molecule has 0 heterocycles. The van der Waals surface area contributed by atoms with Gasteiger partial charge < -0.3 is 16.0 Å². The summed E-state index contributed by atoms with van der Waals surface area (Å²) in [5.74, 6) is -0.0214. The Bertz CT molecular complexity index is 359. The highest BCUT2D eigenvalue weighted by molar-refractivity contribution is 5.97. The first-order chi connectivity index (χ1) is 6.63. The molecule has 6 heteroatoms. The van der Waals surface area contributed by atoms with Crippen molar-refractivity contribution in [1.29, 1.82) is 0 Å². The lowest BCUT2D eigenvalue weighted by molar-refractivity contribution is 0.210. The average Bonchev–Trinajstić information content (AvgIpc) is 2.17. The van der Waals surface area contributed by atoms with Crippen molar-refractivity contribution >= 4 is 17.6 Å². The molecule has 0 atom stereocenters. The van der Waals surface area contributed by atoms with E-state index in [1.807, 2.05) is 0 Å². The van der Waals surface area contributed by atoms with Gasteiger partial charge in [-0.1, -0.05) is 5.16 Å². The number of carboxylic acid groups (broad SMARTS) is 1. The number of carbonyl (C=O) groups is 1. The number of anilines is 1. The minimum atomic E-state index is -1.14. The van der Waals surface area contributed by atoms with Crippen LogP contribution in [-0.4, -0.2) is 22.2 Å². The van der Waals surface area contributed by atoms with Gasteiger partial charge in [0.25, 0.3) is 0 Å². The summed E-state index contributed by atoms with van der Waals surface area (Å²) in [6.45, 7) is 0. The Morgan fingerprint density at radius 3 is 2.36 bits per heavy atom. The number of hydrogen-bond donors (Lipinski definition) is 4. The van der Waals surface area contributed by atoms with Gasteiger partial charge in [-0.15, -0.1) is 0 Å². The molecule has 0 saturated heterocycles. The fourth-order valence-corrected chi connectivity index (χ4v) is 0.906. The van der Waals surface area contributed by atoms with E-state index in [0.717, 1.165) is 0 Å². The maximum atomic E-state index is 10.2. The van der Waals surface area contributed by atoms with E-state index in [1.165, 1.54) is 12.1 Å². The second-order valence-electron chi connectivity index (χ2n) is 2.49. The predicted molar refractivity (Wildman–Crippen MR) is 50.6 cm³/mol. The van der Waals surface area contributed by atoms with Crippen molar-refractivity contribution in [3.8, 4) is 0 Å². The number of nitrogens with two attached hydrogens (primary N) is 1. The van der Waals surface area contributed by atoms with Crippen LogP contribution in [0.2, 0.25) is 0 Å². The normalized spacial score (nSPS) is 11.0. The van der Waals surface area contributed by atoms with Crippen LogP contribution in [0.4, 0.5) is 10.5 Å². The second-order valence-corrected chi connectivity index (χ2v) is 2.49. The fourth-order valence-electron chi connectivity index (χ4n) is 0.906. The van der Waals surface area contributed by atoms with Crippen LogP contribution in [0.5, 0.6) is 0 Å². The summed E-state index contributed by atoms with van der Waals surface area (Å²) in [6, 6.07) is 6.11. The number of hydrogen-bond acceptors (Lipinski definition) is 3. The van der Waals surface area contributed by atoms with E-state index in [9.17, 15) is 4.79 Å². The van der Waals surface area contributed by atoms with Gasteiger partial charge in [0.15, 0.2) is 5.84 Å². The maximum Gasteiger partial charge on any atom is 0.409 e. The molecule has 1 amide bonds. The molecular formula is C8H9N3O3. The van der Waals surface area contributed by atoms with Crippen LogP contribution < -0.4 is 11.1 Å². The van der Waals surface area contributed by atoms with Crippen molar-refractivity contribution in [2.75, 3.05) is 5.32 Å². The predicted octanol–water partition coefficient (Wildman–Crippen LogP) is 0.871. The molecule has 74 valence electrons. The van der Waals surface area contributed by atoms with Crippen LogP contribution in [0.25, 0.3) is 0 Å². The Hall–Kier alpha value is -2.24. The Kier molecular flexibility index (Phi) is 2.90. The van der Waals surface area contributed by atoms with Crippen molar-refractivity contribution in [1.82, 2.24) is 0 Å². The van der Waals surface area contributed by atoms with Gasteiger partial charge in [0.1, 0.15) is 0 Å². The number of oxime groups is 1. The first kappa shape index (κ1) is 9.85. The third-order valence-electron chi connectivity index (χ3n) is 1.54. The van der Waals surface area contributed by atoms with Crippen LogP contribution >= 0.6 is 0 Å². The standard InChI is InChI=1S/C8H9N3O3/c9-7(11-14)5-1-3-6(4-2-5)10-8(12)13/h1-4,10,14H,(H2,9,11)(H,12,13). The van der Waals surface area contributed by atoms with Gasteiger partial charge in [-0.2, -0.15) is 0 Å². The van der Waals surface area contributed by atoms with Crippen molar-refractivity contribution in [2.24, 2.45) is 10.9 Å². The second kappa shape index (κ2) is 4.13. The molecule has 1 aromatic rings. The first-order valence-corrected chi connectivity index (χ1v) is 3.71. The zero-order valence-corrected chi connectivity index (χ0v) is 7.14. The van der Waals surface area contributed by atoms with Gasteiger partial charge in [0.05, 0.1) is 0 Å². The van der Waals surface area contributed by atoms with Crippen LogP contribution in [0.3, 0.4) is 0 Å². The Balaban J connectivity index is 2.83. The number of rotatable bonds is 2. The highest BCUT2D eigenvalue weighted by atomic mass is 16.4. The number of nitrogens with one attached hydrogen (secondary N) is 1. The molecule has 0 spiro atoms. The molecule has 0 fully saturated rings. The van der Waals surface area contributed by atoms with E-state index in [4.69, 9.17) is 16.0 Å². The Morgan fingerprint density at radius 1 is 1.36 bits per heavy atom. The summed E-state index contributed by atoms with van der Waals surface area (Å²) in [4.78, 5) is 10.2. The lowest BCUT2D eigenvalue weighted by Gasteiger charge is -2.01. The van der Waals surface area contributed by atoms with Crippen molar-refractivity contribution in [2.45, 2.75) is 0 Å². The molecule has 0 aliphatic heterocycles. The monoisotopic (exact) mass is 195 g/mol. The van der Waals surface area contributed by atoms with Gasteiger partial charge in [-0.25, -0.2) is 4.79 Å². The summed E-state index contributed by atoms with van der Waals surface area (Å²) in [5.41, 5.74) is 6.25. The summed E-state index contributed by atoms with van der Waals surface area (Å²) >= 11 is 0. The van der Waals surface area contributed by atoms with Gasteiger partial charge in [-0.05, 0) is 24.3 Å². The zero-order chi connectivity index (χ0) is 10.6. The molecule has 5 N–H and O–H groups in total. The van der Waals surface area contributed by atoms with Crippen LogP contribution in [0, 0.1) is 0 Å². The van der Waals surface area contributed by atoms with E-state index in [2.05, 4.69) is 10.5 Å². The molecule has 1 rings (SSSR count). The number of amides is 1. The molecule has 0 bridgehead atoms. The van der Waals surface area contributed by atoms with Crippen LogP contribution in [0.15, 0.2) is 29.4 Å². The van der Waals surface area contributed by atoms with Gasteiger partial charge in [-0.3, -0.25) is 5.32 Å². The highest BCUT2D eigenvalue weighted by Crippen LogP contribution is 2.08. The first-order valence-electron chi connectivity index (χ1n) is 3.71. The molecule has 0 aliphatic carbocycles. The molecule has 0 radical (unpaired) electrons. The van der Waals surface area contributed by atoms with Crippen LogP contribution in [0.1, 0.15) is 5.56 Å². The number of nitrogens with zero attached hydrogens (tertiary/aromatic N) is 1. The summed E-state index contributed by atoms with van der Waals surface area (Å²) in [6.07, 6.45) is -1.14. The smallest absolute Gasteiger partial charge is 0.409 e. The summed E-state index contributed by atoms with van der Waals surface area (Å²) in [5, 5.41) is 21.7. The van der Waals surface area contributed by atoms with Crippen molar-refractivity contribution in [3.05, 3.63) is 29.8 Å². The molecule has 0 aromatic heterocycles. The Morgan fingerprint density at radius 2 is 1.93 bits per heavy atom. The van der Waals surface area contributed by atoms with E-state index < -0.39 is 6.09 Å². The molecule has 0 unspecified atom stereocenters. The maximum absolute atomic E-state index is 10.2. The van der Waals surface area contributed by atoms with Crippen molar-refractivity contribution < 1.29 is 15.1 Å². The highest BCUT2D eigenvalue weighted by Gasteiger charge is 2.00. The van der Waals surface area contributed by atoms with Crippen molar-refractivity contribution in [3.63, 3.8) is 0 Å². The third kappa shape index (κ3) is 2.37. The number of amidine groups is 1. The number of benzene rings is 1. The van der Waals surface area contributed by atoms with E-state index >= 15 is 0 Å². The molecular weight excluding hydrogens is 186 g/mol. The Labute approximate surface area is 79.7 Å². The van der Waals surface area contributed by atoms with Crippen LogP contribution in [-0.2, 0) is 0 Å². The minimum Gasteiger partial charge on any atom is -0.465 e. The summed E-state index contributed by atoms with van der Waals surface area (Å²) in [7, 11) is 0. The van der Waals surface area contributed by atoms with E-state index in [0.29, 0.717) is 11.3 Å². The van der Waals surface area contributed by atoms with Gasteiger partial charge >= 0.3 is 6.09 Å². The average molecular weight is 195 g/mol. The minimum absolute atomic E-state index is 0.0214. The zero-order valence-electron chi connectivity index (χ0n) is 7.14. The molecule has 0 saturated carbocycles. The molecule has 14 heavy (non-hydrogen) atoms.